The maximum Gasteiger partial charge on any atom is 0.159 e. The van der Waals surface area contributed by atoms with Gasteiger partial charge in [0, 0.05) is 12.0 Å². The monoisotopic (exact) mass is 439 g/mol. The van der Waals surface area contributed by atoms with E-state index in [4.69, 9.17) is 0 Å². The van der Waals surface area contributed by atoms with Crippen LogP contribution in [-0.2, 0) is 4.79 Å². The molecular formula is C29H45NO2. The van der Waals surface area contributed by atoms with Crippen LogP contribution in [0.5, 0.6) is 0 Å². The van der Waals surface area contributed by atoms with Crippen LogP contribution in [0.1, 0.15) is 92.9 Å². The summed E-state index contributed by atoms with van der Waals surface area (Å²) in [5.41, 5.74) is 1.95. The highest BCUT2D eigenvalue weighted by Crippen LogP contribution is 2.67. The van der Waals surface area contributed by atoms with Gasteiger partial charge in [0.15, 0.2) is 5.78 Å². The maximum atomic E-state index is 13.3. The average Bonchev–Trinajstić information content (AvgIpc) is 3.11. The molecule has 0 amide bonds. The number of ketones is 1. The Kier molecular flexibility index (Phi) is 6.51. The van der Waals surface area contributed by atoms with Crippen molar-refractivity contribution in [1.29, 1.82) is 0 Å². The van der Waals surface area contributed by atoms with E-state index >= 15 is 0 Å². The average molecular weight is 440 g/mol. The van der Waals surface area contributed by atoms with Crippen molar-refractivity contribution in [2.45, 2.75) is 92.9 Å². The lowest BCUT2D eigenvalue weighted by Crippen LogP contribution is -2.53. The van der Waals surface area contributed by atoms with E-state index in [2.05, 4.69) is 58.9 Å². The maximum absolute atomic E-state index is 13.3. The number of allylic oxidation sites excluding steroid dienone is 4. The van der Waals surface area contributed by atoms with Crippen molar-refractivity contribution in [2.24, 2.45) is 57.4 Å². The Morgan fingerprint density at radius 2 is 1.88 bits per heavy atom. The van der Waals surface area contributed by atoms with E-state index in [0.717, 1.165) is 24.3 Å². The smallest absolute Gasteiger partial charge is 0.159 e. The lowest BCUT2D eigenvalue weighted by Gasteiger charge is -2.58. The standard InChI is InChI=1S/C29H45NO2/c1-7-20(18(2)3)9-8-19(4)23-10-11-24-22-17-27(31)26-16-21(30-32)12-14-29(26,6)25(22)13-15-28(23,24)5/h8-9,16,18-20,22-25,32H,7,10-15,17H2,1-6H3/b9-8+,30-21+/t19-,20?,22?,23?,24?,25?,28?,29?/m1/s1. The SMILES string of the molecule is CCC(/C=C/[C@@H](C)C1CCC2C3CC(=O)C4=C/C(=N/O)CCC4(C)C3CCC21C)C(C)C. The number of hydrogen-bond donors (Lipinski definition) is 1. The molecule has 3 saturated carbocycles. The van der Waals surface area contributed by atoms with Crippen LogP contribution in [0.15, 0.2) is 29.0 Å². The van der Waals surface area contributed by atoms with Gasteiger partial charge in [-0.25, -0.2) is 0 Å². The van der Waals surface area contributed by atoms with Crippen molar-refractivity contribution < 1.29 is 10.0 Å². The van der Waals surface area contributed by atoms with E-state index in [1.807, 2.05) is 6.08 Å². The van der Waals surface area contributed by atoms with Crippen LogP contribution in [-0.4, -0.2) is 16.7 Å². The molecule has 0 aromatic rings. The van der Waals surface area contributed by atoms with Gasteiger partial charge in [-0.3, -0.25) is 4.79 Å². The van der Waals surface area contributed by atoms with Gasteiger partial charge in [-0.2, -0.15) is 0 Å². The largest absolute Gasteiger partial charge is 0.411 e. The Balaban J connectivity index is 1.56. The Bertz CT molecular complexity index is 823. The van der Waals surface area contributed by atoms with Gasteiger partial charge in [0.2, 0.25) is 0 Å². The number of carbonyl (C=O) groups excluding carboxylic acids is 1. The van der Waals surface area contributed by atoms with Crippen LogP contribution in [0.4, 0.5) is 0 Å². The van der Waals surface area contributed by atoms with Crippen molar-refractivity contribution in [3.63, 3.8) is 0 Å². The molecule has 0 aromatic heterocycles. The highest BCUT2D eigenvalue weighted by molar-refractivity contribution is 6.07. The molecule has 0 saturated heterocycles. The van der Waals surface area contributed by atoms with Crippen molar-refractivity contribution >= 4 is 11.5 Å². The summed E-state index contributed by atoms with van der Waals surface area (Å²) in [5, 5.41) is 12.7. The number of nitrogens with zero attached hydrogens (tertiary/aromatic N) is 1. The number of hydrogen-bond acceptors (Lipinski definition) is 3. The minimum Gasteiger partial charge on any atom is -0.411 e. The van der Waals surface area contributed by atoms with Crippen LogP contribution in [0.2, 0.25) is 0 Å². The molecule has 0 radical (unpaired) electrons. The zero-order chi connectivity index (χ0) is 23.3. The van der Waals surface area contributed by atoms with E-state index in [0.29, 0.717) is 58.8 Å². The molecule has 3 fully saturated rings. The first kappa shape index (κ1) is 23.8. The van der Waals surface area contributed by atoms with E-state index in [1.165, 1.54) is 32.1 Å². The minimum atomic E-state index is -0.0370. The zero-order valence-electron chi connectivity index (χ0n) is 21.2. The van der Waals surface area contributed by atoms with Gasteiger partial charge >= 0.3 is 0 Å². The van der Waals surface area contributed by atoms with Crippen LogP contribution in [0.25, 0.3) is 0 Å². The third-order valence-corrected chi connectivity index (χ3v) is 10.6. The molecule has 0 aliphatic heterocycles. The quantitative estimate of drug-likeness (QED) is 0.275. The van der Waals surface area contributed by atoms with Gasteiger partial charge in [-0.1, -0.05) is 58.9 Å². The number of rotatable bonds is 5. The Hall–Kier alpha value is -1.38. The summed E-state index contributed by atoms with van der Waals surface area (Å²) in [6.45, 7) is 14.3. The number of fused-ring (bicyclic) bond motifs is 5. The Morgan fingerprint density at radius 3 is 2.53 bits per heavy atom. The third kappa shape index (κ3) is 3.72. The van der Waals surface area contributed by atoms with Gasteiger partial charge < -0.3 is 5.21 Å². The fourth-order valence-electron chi connectivity index (χ4n) is 8.66. The fraction of sp³-hybridized carbons (Fsp3) is 0.793. The fourth-order valence-corrected chi connectivity index (χ4v) is 8.66. The summed E-state index contributed by atoms with van der Waals surface area (Å²) < 4.78 is 0. The minimum absolute atomic E-state index is 0.0370. The normalized spacial score (nSPS) is 42.5. The molecule has 7 unspecified atom stereocenters. The van der Waals surface area contributed by atoms with E-state index in [1.54, 1.807) is 0 Å². The second kappa shape index (κ2) is 8.76. The predicted octanol–water partition coefficient (Wildman–Crippen LogP) is 7.45. The van der Waals surface area contributed by atoms with Crippen molar-refractivity contribution in [3.05, 3.63) is 23.8 Å². The molecule has 0 aromatic carbocycles. The van der Waals surface area contributed by atoms with Gasteiger partial charge in [-0.15, -0.1) is 0 Å². The number of oxime groups is 1. The van der Waals surface area contributed by atoms with E-state index < -0.39 is 0 Å². The molecule has 8 atom stereocenters. The topological polar surface area (TPSA) is 49.7 Å². The van der Waals surface area contributed by atoms with Crippen LogP contribution >= 0.6 is 0 Å². The molecule has 4 aliphatic carbocycles. The summed E-state index contributed by atoms with van der Waals surface area (Å²) in [6, 6.07) is 0. The first-order valence-electron chi connectivity index (χ1n) is 13.3. The molecule has 1 N–H and O–H groups in total. The second-order valence-corrected chi connectivity index (χ2v) is 12.4. The molecule has 3 nitrogen and oxygen atoms in total. The summed E-state index contributed by atoms with van der Waals surface area (Å²) in [4.78, 5) is 13.3. The summed E-state index contributed by atoms with van der Waals surface area (Å²) in [5.74, 6) is 4.83. The molecule has 0 heterocycles. The molecular weight excluding hydrogens is 394 g/mol. The van der Waals surface area contributed by atoms with Crippen LogP contribution in [0, 0.1) is 52.3 Å². The Labute approximate surface area is 195 Å². The molecule has 4 aliphatic rings. The van der Waals surface area contributed by atoms with E-state index in [-0.39, 0.29) is 5.41 Å². The predicted molar refractivity (Wildman–Crippen MR) is 132 cm³/mol. The van der Waals surface area contributed by atoms with Gasteiger partial charge in [-0.05, 0) is 103 Å². The van der Waals surface area contributed by atoms with Crippen molar-refractivity contribution in [1.82, 2.24) is 0 Å². The highest BCUT2D eigenvalue weighted by Gasteiger charge is 2.60. The molecule has 3 heteroatoms. The van der Waals surface area contributed by atoms with Gasteiger partial charge in [0.05, 0.1) is 5.71 Å². The lowest BCUT2D eigenvalue weighted by atomic mass is 9.46. The van der Waals surface area contributed by atoms with Crippen LogP contribution < -0.4 is 0 Å². The second-order valence-electron chi connectivity index (χ2n) is 12.4. The molecule has 32 heavy (non-hydrogen) atoms. The number of Topliss-reactive ketones (excluding diaryl/α,β-unsaturated/α-hetero) is 1. The number of carbonyl (C=O) groups is 1. The summed E-state index contributed by atoms with van der Waals surface area (Å²) in [6.07, 6.45) is 15.7. The van der Waals surface area contributed by atoms with Crippen molar-refractivity contribution in [3.8, 4) is 0 Å². The first-order valence-corrected chi connectivity index (χ1v) is 13.3. The zero-order valence-corrected chi connectivity index (χ0v) is 21.2. The molecule has 0 spiro atoms. The van der Waals surface area contributed by atoms with Gasteiger partial charge in [0.25, 0.3) is 0 Å². The molecule has 0 bridgehead atoms. The molecule has 178 valence electrons. The van der Waals surface area contributed by atoms with Gasteiger partial charge in [0.1, 0.15) is 0 Å². The summed E-state index contributed by atoms with van der Waals surface area (Å²) in [7, 11) is 0. The lowest BCUT2D eigenvalue weighted by molar-refractivity contribution is -0.128. The Morgan fingerprint density at radius 1 is 1.12 bits per heavy atom. The molecule has 4 rings (SSSR count). The summed E-state index contributed by atoms with van der Waals surface area (Å²) >= 11 is 0. The first-order chi connectivity index (χ1) is 15.2. The highest BCUT2D eigenvalue weighted by atomic mass is 16.4. The third-order valence-electron chi connectivity index (χ3n) is 10.6. The van der Waals surface area contributed by atoms with Crippen molar-refractivity contribution in [2.75, 3.05) is 0 Å². The van der Waals surface area contributed by atoms with Crippen LogP contribution in [0.3, 0.4) is 0 Å². The van der Waals surface area contributed by atoms with E-state index in [9.17, 15) is 10.0 Å².